The number of ether oxygens (including phenoxy) is 1. The van der Waals surface area contributed by atoms with Crippen LogP contribution in [0.3, 0.4) is 0 Å². The summed E-state index contributed by atoms with van der Waals surface area (Å²) in [6.45, 7) is 1.96. The van der Waals surface area contributed by atoms with Gasteiger partial charge in [0.25, 0.3) is 10.1 Å². The topological polar surface area (TPSA) is 130 Å². The molecular weight excluding hydrogens is 460 g/mol. The average molecular weight is 483 g/mol. The Morgan fingerprint density at radius 1 is 1.18 bits per heavy atom. The van der Waals surface area contributed by atoms with Gasteiger partial charge in [0.1, 0.15) is 12.1 Å². The number of nitrogens with one attached hydrogen (secondary N) is 1. The minimum Gasteiger partial charge on any atom is -0.439 e. The van der Waals surface area contributed by atoms with Crippen molar-refractivity contribution in [1.82, 2.24) is 10.2 Å². The molecule has 176 valence electrons. The summed E-state index contributed by atoms with van der Waals surface area (Å²) >= 11 is 0. The van der Waals surface area contributed by atoms with Crippen LogP contribution in [0.15, 0.2) is 47.4 Å². The molecule has 9 nitrogen and oxygen atoms in total. The number of amides is 3. The quantitative estimate of drug-likeness (QED) is 0.380. The van der Waals surface area contributed by atoms with E-state index < -0.39 is 40.2 Å². The van der Waals surface area contributed by atoms with Crippen LogP contribution in [-0.4, -0.2) is 48.4 Å². The molecule has 0 bridgehead atoms. The van der Waals surface area contributed by atoms with Crippen molar-refractivity contribution >= 4 is 28.0 Å². The third-order valence-corrected chi connectivity index (χ3v) is 6.94. The smallest absolute Gasteiger partial charge is 0.411 e. The maximum atomic E-state index is 12.4. The molecule has 3 amide bonds. The Labute approximate surface area is 196 Å². The Hall–Kier alpha value is -3.68. The molecule has 0 spiro atoms. The van der Waals surface area contributed by atoms with Gasteiger partial charge in [-0.2, -0.15) is 8.42 Å². The predicted molar refractivity (Wildman–Crippen MR) is 120 cm³/mol. The van der Waals surface area contributed by atoms with Crippen LogP contribution >= 0.6 is 0 Å². The zero-order valence-electron chi connectivity index (χ0n) is 18.2. The molecule has 0 aromatic heterocycles. The van der Waals surface area contributed by atoms with Gasteiger partial charge in [0.2, 0.25) is 11.8 Å². The van der Waals surface area contributed by atoms with Gasteiger partial charge in [-0.1, -0.05) is 36.3 Å². The van der Waals surface area contributed by atoms with E-state index in [4.69, 9.17) is 11.2 Å². The normalized spacial score (nSPS) is 21.6. The number of hydrogen-bond donors (Lipinski definition) is 2. The van der Waals surface area contributed by atoms with Gasteiger partial charge in [0.05, 0.1) is 17.4 Å². The number of benzene rings is 2. The number of nitrogens with zero attached hydrogens (tertiary/aromatic N) is 1. The lowest BCUT2D eigenvalue weighted by atomic mass is 9.88. The monoisotopic (exact) mass is 482 g/mol. The second kappa shape index (κ2) is 8.93. The summed E-state index contributed by atoms with van der Waals surface area (Å²) in [6, 6.07) is 10.6. The third-order valence-electron chi connectivity index (χ3n) is 6.09. The standard InChI is InChI=1S/C24H22N2O7S/c1-3-18(19-12-17(34(30,31)32)9-4-14(19)2)15-5-7-16(8-6-15)21-13-26(24(29)33-21)20-10-11-22(27)25-23(20)28/h1,4-9,12,18,20-21H,10-11,13H2,2H3,(H,25,27,28)(H,30,31,32)/t18?,20?,21-/m1/s1. The lowest BCUT2D eigenvalue weighted by Crippen LogP contribution is -2.52. The van der Waals surface area contributed by atoms with E-state index in [0.29, 0.717) is 16.7 Å². The van der Waals surface area contributed by atoms with E-state index in [0.717, 1.165) is 5.56 Å². The number of hydrogen-bond acceptors (Lipinski definition) is 6. The Kier molecular flexibility index (Phi) is 6.17. The third kappa shape index (κ3) is 4.53. The number of cyclic esters (lactones) is 1. The van der Waals surface area contributed by atoms with Crippen molar-refractivity contribution in [2.45, 2.75) is 42.7 Å². The molecule has 2 heterocycles. The van der Waals surface area contributed by atoms with Crippen LogP contribution in [0.5, 0.6) is 0 Å². The molecule has 2 unspecified atom stereocenters. The Morgan fingerprint density at radius 2 is 1.88 bits per heavy atom. The molecular formula is C24H22N2O7S. The first-order valence-corrected chi connectivity index (χ1v) is 12.0. The van der Waals surface area contributed by atoms with Crippen LogP contribution in [0.4, 0.5) is 4.79 Å². The van der Waals surface area contributed by atoms with Crippen molar-refractivity contribution in [3.63, 3.8) is 0 Å². The fourth-order valence-electron chi connectivity index (χ4n) is 4.25. The Bertz CT molecular complexity index is 1310. The van der Waals surface area contributed by atoms with E-state index in [1.165, 1.54) is 17.0 Å². The molecule has 2 aliphatic rings. The highest BCUT2D eigenvalue weighted by atomic mass is 32.2. The molecule has 0 radical (unpaired) electrons. The van der Waals surface area contributed by atoms with Gasteiger partial charge in [0.15, 0.2) is 0 Å². The van der Waals surface area contributed by atoms with E-state index in [2.05, 4.69) is 11.2 Å². The Morgan fingerprint density at radius 3 is 2.50 bits per heavy atom. The number of imide groups is 1. The van der Waals surface area contributed by atoms with Gasteiger partial charge in [-0.15, -0.1) is 6.42 Å². The second-order valence-corrected chi connectivity index (χ2v) is 9.67. The van der Waals surface area contributed by atoms with E-state index >= 15 is 0 Å². The van der Waals surface area contributed by atoms with Gasteiger partial charge in [-0.05, 0) is 47.7 Å². The fourth-order valence-corrected chi connectivity index (χ4v) is 4.76. The highest BCUT2D eigenvalue weighted by Crippen LogP contribution is 2.33. The summed E-state index contributed by atoms with van der Waals surface area (Å²) in [4.78, 5) is 37.0. The van der Waals surface area contributed by atoms with Gasteiger partial charge in [-0.25, -0.2) is 4.79 Å². The molecule has 34 heavy (non-hydrogen) atoms. The van der Waals surface area contributed by atoms with Crippen LogP contribution in [0.2, 0.25) is 0 Å². The lowest BCUT2D eigenvalue weighted by Gasteiger charge is -2.27. The SMILES string of the molecule is C#CC(c1ccc([C@H]2CN(C3CCC(=O)NC3=O)C(=O)O2)cc1)c1cc(S(=O)(=O)O)ccc1C. The summed E-state index contributed by atoms with van der Waals surface area (Å²) in [6.07, 6.45) is 4.95. The van der Waals surface area contributed by atoms with E-state index in [1.807, 2.05) is 0 Å². The van der Waals surface area contributed by atoms with E-state index in [-0.39, 0.29) is 30.2 Å². The van der Waals surface area contributed by atoms with Gasteiger partial charge in [-0.3, -0.25) is 24.4 Å². The second-order valence-electron chi connectivity index (χ2n) is 8.25. The first-order valence-electron chi connectivity index (χ1n) is 10.5. The minimum absolute atomic E-state index is 0.158. The van der Waals surface area contributed by atoms with E-state index in [9.17, 15) is 27.4 Å². The maximum absolute atomic E-state index is 12.4. The van der Waals surface area contributed by atoms with Crippen LogP contribution < -0.4 is 5.32 Å². The summed E-state index contributed by atoms with van der Waals surface area (Å²) in [5, 5.41) is 2.24. The van der Waals surface area contributed by atoms with Crippen LogP contribution in [0.25, 0.3) is 0 Å². The van der Waals surface area contributed by atoms with Crippen molar-refractivity contribution in [1.29, 1.82) is 0 Å². The summed E-state index contributed by atoms with van der Waals surface area (Å²) < 4.78 is 38.0. The molecule has 2 saturated heterocycles. The molecule has 2 fully saturated rings. The van der Waals surface area contributed by atoms with Crippen molar-refractivity contribution in [3.8, 4) is 12.3 Å². The average Bonchev–Trinajstić information content (AvgIpc) is 3.16. The molecule has 2 aromatic carbocycles. The van der Waals surface area contributed by atoms with Crippen molar-refractivity contribution in [2.75, 3.05) is 6.54 Å². The molecule has 3 atom stereocenters. The number of aryl methyl sites for hydroxylation is 1. The first kappa shape index (κ1) is 23.5. The molecule has 0 aliphatic carbocycles. The van der Waals surface area contributed by atoms with Gasteiger partial charge in [0, 0.05) is 6.42 Å². The molecule has 10 heteroatoms. The van der Waals surface area contributed by atoms with E-state index in [1.54, 1.807) is 37.3 Å². The van der Waals surface area contributed by atoms with Crippen LogP contribution in [-0.2, 0) is 24.4 Å². The summed E-state index contributed by atoms with van der Waals surface area (Å²) in [5.74, 6) is 1.23. The van der Waals surface area contributed by atoms with Crippen LogP contribution in [0.1, 0.15) is 47.1 Å². The zero-order valence-corrected chi connectivity index (χ0v) is 19.0. The maximum Gasteiger partial charge on any atom is 0.411 e. The zero-order chi connectivity index (χ0) is 24.6. The first-order chi connectivity index (χ1) is 16.1. The van der Waals surface area contributed by atoms with Crippen molar-refractivity contribution in [2.24, 2.45) is 0 Å². The van der Waals surface area contributed by atoms with Crippen molar-refractivity contribution < 1.29 is 32.1 Å². The Balaban J connectivity index is 1.54. The number of piperidine rings is 1. The van der Waals surface area contributed by atoms with Crippen LogP contribution in [0, 0.1) is 19.3 Å². The van der Waals surface area contributed by atoms with Gasteiger partial charge >= 0.3 is 6.09 Å². The largest absolute Gasteiger partial charge is 0.439 e. The number of carbonyl (C=O) groups excluding carboxylic acids is 3. The summed E-state index contributed by atoms with van der Waals surface area (Å²) in [5.41, 5.74) is 2.75. The molecule has 2 aromatic rings. The number of carbonyl (C=O) groups is 3. The molecule has 2 N–H and O–H groups in total. The number of terminal acetylenes is 1. The van der Waals surface area contributed by atoms with Gasteiger partial charge < -0.3 is 4.74 Å². The van der Waals surface area contributed by atoms with Crippen molar-refractivity contribution in [3.05, 3.63) is 64.7 Å². The summed E-state index contributed by atoms with van der Waals surface area (Å²) in [7, 11) is -4.38. The molecule has 2 aliphatic heterocycles. The minimum atomic E-state index is -4.38. The lowest BCUT2D eigenvalue weighted by molar-refractivity contribution is -0.136. The highest BCUT2D eigenvalue weighted by molar-refractivity contribution is 7.85. The number of rotatable bonds is 5. The molecule has 0 saturated carbocycles. The highest BCUT2D eigenvalue weighted by Gasteiger charge is 2.42. The fraction of sp³-hybridized carbons (Fsp3) is 0.292. The molecule has 4 rings (SSSR count). The predicted octanol–water partition coefficient (Wildman–Crippen LogP) is 2.31.